The first-order valence-corrected chi connectivity index (χ1v) is 20.0. The molecule has 0 unspecified atom stereocenters. The zero-order valence-electron chi connectivity index (χ0n) is 28.9. The summed E-state index contributed by atoms with van der Waals surface area (Å²) >= 11 is 6.45. The fourth-order valence-corrected chi connectivity index (χ4v) is 9.89. The minimum absolute atomic E-state index is 0. The maximum atomic E-state index is 13.5. The number of allylic oxidation sites excluding steroid dienone is 1. The summed E-state index contributed by atoms with van der Waals surface area (Å²) in [6.45, 7) is 7.55. The molecule has 1 N–H and O–H groups in total. The Labute approximate surface area is 302 Å². The minimum atomic E-state index is -3.96. The van der Waals surface area contributed by atoms with E-state index in [0.29, 0.717) is 57.5 Å². The fraction of sp³-hybridized carbons (Fsp3) is 0.579. The van der Waals surface area contributed by atoms with E-state index in [1.807, 2.05) is 25.1 Å². The van der Waals surface area contributed by atoms with Crippen LogP contribution < -0.4 is 14.4 Å². The van der Waals surface area contributed by atoms with Gasteiger partial charge in [-0.15, -0.1) is 0 Å². The number of carbonyl (C=O) groups is 2. The normalized spacial score (nSPS) is 31.8. The second kappa shape index (κ2) is 14.5. The summed E-state index contributed by atoms with van der Waals surface area (Å²) in [5, 5.41) is -0.0695. The van der Waals surface area contributed by atoms with E-state index in [0.717, 1.165) is 49.4 Å². The molecule has 272 valence electrons. The van der Waals surface area contributed by atoms with Crippen LogP contribution in [0.15, 0.2) is 48.6 Å². The number of fused-ring (bicyclic) bond motifs is 4. The Kier molecular flexibility index (Phi) is 10.2. The van der Waals surface area contributed by atoms with E-state index >= 15 is 0 Å². The molecular weight excluding hydrogens is 678 g/mol. The van der Waals surface area contributed by atoms with Crippen LogP contribution in [0.3, 0.4) is 0 Å². The summed E-state index contributed by atoms with van der Waals surface area (Å²) in [5.41, 5.74) is 3.30. The molecule has 5 aliphatic rings. The van der Waals surface area contributed by atoms with E-state index in [9.17, 15) is 18.0 Å². The van der Waals surface area contributed by atoms with Gasteiger partial charge in [0.05, 0.1) is 36.9 Å². The molecule has 2 aromatic rings. The molecule has 0 aromatic heterocycles. The van der Waals surface area contributed by atoms with Crippen LogP contribution in [0.25, 0.3) is 0 Å². The number of aryl methyl sites for hydroxylation is 1. The maximum Gasteiger partial charge on any atom is 0.264 e. The largest absolute Gasteiger partial charge is 0.490 e. The van der Waals surface area contributed by atoms with Gasteiger partial charge in [0.1, 0.15) is 12.4 Å². The molecule has 2 fully saturated rings. The summed E-state index contributed by atoms with van der Waals surface area (Å²) in [6, 6.07) is 11.5. The van der Waals surface area contributed by atoms with Crippen molar-refractivity contribution in [2.75, 3.05) is 57.5 Å². The van der Waals surface area contributed by atoms with Crippen LogP contribution in [-0.2, 0) is 36.1 Å². The molecule has 2 amide bonds. The first-order chi connectivity index (χ1) is 24.0. The third-order valence-corrected chi connectivity index (χ3v) is 13.9. The number of benzene rings is 2. The molecule has 2 aliphatic carbocycles. The van der Waals surface area contributed by atoms with Crippen molar-refractivity contribution < 1.29 is 33.6 Å². The van der Waals surface area contributed by atoms with Gasteiger partial charge in [-0.05, 0) is 105 Å². The Balaban J connectivity index is 0.00000448. The lowest BCUT2D eigenvalue weighted by atomic mass is 9.68. The Morgan fingerprint density at radius 3 is 2.80 bits per heavy atom. The molecule has 1 saturated carbocycles. The van der Waals surface area contributed by atoms with E-state index in [4.69, 9.17) is 25.8 Å². The van der Waals surface area contributed by atoms with Gasteiger partial charge < -0.3 is 24.0 Å². The number of rotatable bonds is 4. The Hall–Kier alpha value is -3.12. The number of amides is 2. The average Bonchev–Trinajstić information content (AvgIpc) is 3.23. The number of ether oxygens (including phenoxy) is 3. The predicted octanol–water partition coefficient (Wildman–Crippen LogP) is 5.37. The van der Waals surface area contributed by atoms with Gasteiger partial charge in [0.15, 0.2) is 0 Å². The quantitative estimate of drug-likeness (QED) is 0.419. The van der Waals surface area contributed by atoms with Gasteiger partial charge in [-0.25, -0.2) is 13.1 Å². The summed E-state index contributed by atoms with van der Waals surface area (Å²) in [6.07, 6.45) is 9.44. The van der Waals surface area contributed by atoms with Crippen LogP contribution in [0, 0.1) is 17.8 Å². The van der Waals surface area contributed by atoms with Crippen molar-refractivity contribution in [1.29, 1.82) is 0 Å². The molecule has 3 heterocycles. The Morgan fingerprint density at radius 1 is 1.14 bits per heavy atom. The monoisotopic (exact) mass is 727 g/mol. The van der Waals surface area contributed by atoms with Crippen LogP contribution >= 0.6 is 11.6 Å². The van der Waals surface area contributed by atoms with Crippen molar-refractivity contribution in [1.82, 2.24) is 9.62 Å². The van der Waals surface area contributed by atoms with Gasteiger partial charge in [0.2, 0.25) is 15.9 Å². The predicted molar refractivity (Wildman–Crippen MR) is 194 cm³/mol. The third-order valence-electron chi connectivity index (χ3n) is 11.8. The molecule has 10 nitrogen and oxygen atoms in total. The first-order valence-electron chi connectivity index (χ1n) is 18.0. The van der Waals surface area contributed by atoms with Gasteiger partial charge in [0.25, 0.3) is 5.91 Å². The van der Waals surface area contributed by atoms with Gasteiger partial charge in [-0.3, -0.25) is 9.59 Å². The van der Waals surface area contributed by atoms with E-state index in [1.54, 1.807) is 24.0 Å². The van der Waals surface area contributed by atoms with Crippen LogP contribution in [0.5, 0.6) is 5.75 Å². The first kappa shape index (κ1) is 35.3. The second-order valence-electron chi connectivity index (χ2n) is 14.9. The number of morpholine rings is 1. The average molecular weight is 728 g/mol. The molecule has 1 saturated heterocycles. The number of sulfonamides is 1. The molecule has 50 heavy (non-hydrogen) atoms. The number of nitrogens with one attached hydrogen (secondary N) is 1. The van der Waals surface area contributed by atoms with E-state index in [1.165, 1.54) is 11.1 Å². The molecule has 12 heteroatoms. The maximum absolute atomic E-state index is 13.5. The highest BCUT2D eigenvalue weighted by molar-refractivity contribution is 7.90. The second-order valence-corrected chi connectivity index (χ2v) is 17.4. The van der Waals surface area contributed by atoms with Crippen LogP contribution in [0.4, 0.5) is 5.69 Å². The molecule has 0 radical (unpaired) electrons. The summed E-state index contributed by atoms with van der Waals surface area (Å²) < 4.78 is 47.7. The van der Waals surface area contributed by atoms with E-state index in [-0.39, 0.29) is 42.9 Å². The highest BCUT2D eigenvalue weighted by atomic mass is 35.5. The summed E-state index contributed by atoms with van der Waals surface area (Å²) in [5.74, 6) is 0.335. The number of nitrogens with zero attached hydrogens (tertiary/aromatic N) is 2. The number of carbonyl (C=O) groups excluding carboxylic acids is 2. The lowest BCUT2D eigenvalue weighted by Gasteiger charge is -2.46. The summed E-state index contributed by atoms with van der Waals surface area (Å²) in [7, 11) is -3.96. The van der Waals surface area contributed by atoms with Crippen molar-refractivity contribution in [2.24, 2.45) is 17.8 Å². The van der Waals surface area contributed by atoms with Crippen molar-refractivity contribution >= 4 is 39.1 Å². The number of anilines is 1. The molecule has 2 bridgehead atoms. The minimum Gasteiger partial charge on any atom is -0.490 e. The topological polar surface area (TPSA) is 114 Å². The van der Waals surface area contributed by atoms with E-state index in [2.05, 4.69) is 27.8 Å². The molecule has 2 aromatic carbocycles. The van der Waals surface area contributed by atoms with Crippen molar-refractivity contribution in [3.05, 3.63) is 70.3 Å². The molecule has 6 atom stereocenters. The van der Waals surface area contributed by atoms with Crippen LogP contribution in [0.1, 0.15) is 68.9 Å². The standard InChI is InChI=1S/C38H48ClN3O7S.H2/c1-25-5-3-7-34(48-18-16-41-15-17-47-22-36(41)43)31-11-8-29(31)21-42-23-38(14-4-6-27-19-30(39)10-12-32(27)38)24-49-35-13-9-28(20-33(35)42)37(44)40-50(45,46)26(25)2;/h3,7,9-10,12-13,19-20,25-26,29,31,34H,4-6,8,11,14-18,21-24H2,1-2H3,(H,40,44);1H/b7-3+;/t25-,26+,29-,31+,34-,38-;/m0./s1. The molecular formula is C38H50ClN3O7S. The van der Waals surface area contributed by atoms with Crippen molar-refractivity contribution in [3.8, 4) is 5.75 Å². The van der Waals surface area contributed by atoms with Crippen molar-refractivity contribution in [3.63, 3.8) is 0 Å². The Bertz CT molecular complexity index is 1760. The summed E-state index contributed by atoms with van der Waals surface area (Å²) in [4.78, 5) is 30.1. The van der Waals surface area contributed by atoms with Crippen molar-refractivity contribution in [2.45, 2.75) is 69.1 Å². The smallest absolute Gasteiger partial charge is 0.264 e. The zero-order chi connectivity index (χ0) is 35.0. The zero-order valence-corrected chi connectivity index (χ0v) is 30.5. The van der Waals surface area contributed by atoms with Gasteiger partial charge in [0, 0.05) is 43.6 Å². The number of halogens is 1. The lowest BCUT2D eigenvalue weighted by Crippen LogP contribution is -2.50. The highest BCUT2D eigenvalue weighted by Crippen LogP contribution is 2.47. The highest BCUT2D eigenvalue weighted by Gasteiger charge is 2.44. The Morgan fingerprint density at radius 2 is 2.00 bits per heavy atom. The van der Waals surface area contributed by atoms with Gasteiger partial charge in [-0.2, -0.15) is 0 Å². The lowest BCUT2D eigenvalue weighted by molar-refractivity contribution is -0.144. The molecule has 1 spiro atoms. The fourth-order valence-electron chi connectivity index (χ4n) is 8.41. The van der Waals surface area contributed by atoms with Gasteiger partial charge in [-0.1, -0.05) is 36.7 Å². The SMILES string of the molecule is C[C@@H]1[C@@H](C)C/C=C/[C@H](OCCN2CCOCC2=O)[C@@H]2CC[C@H]2CN2C[C@@]3(CCCc4cc(Cl)ccc43)COc3ccc(cc32)C(=O)NS1(=O)=O.[HH]. The van der Waals surface area contributed by atoms with Gasteiger partial charge >= 0.3 is 0 Å². The van der Waals surface area contributed by atoms with Crippen LogP contribution in [-0.4, -0.2) is 89.1 Å². The van der Waals surface area contributed by atoms with E-state index < -0.39 is 21.2 Å². The third kappa shape index (κ3) is 7.16. The number of hydrogen-bond donors (Lipinski definition) is 1. The number of hydrogen-bond acceptors (Lipinski definition) is 8. The molecule has 7 rings (SSSR count). The molecule has 3 aliphatic heterocycles. The van der Waals surface area contributed by atoms with Crippen LogP contribution in [0.2, 0.25) is 5.02 Å².